The number of nitrogens with zero attached hydrogens (tertiary/aromatic N) is 1. The van der Waals surface area contributed by atoms with Gasteiger partial charge in [0.1, 0.15) is 5.82 Å². The number of carbonyl (C=O) groups is 1. The Kier molecular flexibility index (Phi) is 3.22. The van der Waals surface area contributed by atoms with Crippen molar-refractivity contribution in [2.75, 3.05) is 11.4 Å². The smallest absolute Gasteiger partial charge is 0.152 e. The lowest BCUT2D eigenvalue weighted by Crippen LogP contribution is -2.38. The number of rotatable bonds is 2. The molecule has 0 spiro atoms. The number of aldehydes is 1. The standard InChI is InChI=1S/C13H16FNO/c1-10-5-2-3-8-15(10)13-11(9-16)6-4-7-12(13)14/h4,6-7,9-10H,2-3,5,8H2,1H3. The highest BCUT2D eigenvalue weighted by Crippen LogP contribution is 2.29. The van der Waals surface area contributed by atoms with Crippen LogP contribution in [0.25, 0.3) is 0 Å². The van der Waals surface area contributed by atoms with Crippen LogP contribution in [0.2, 0.25) is 0 Å². The maximum atomic E-state index is 13.8. The van der Waals surface area contributed by atoms with Gasteiger partial charge in [0.05, 0.1) is 5.69 Å². The molecule has 1 heterocycles. The summed E-state index contributed by atoms with van der Waals surface area (Å²) in [4.78, 5) is 13.0. The molecular weight excluding hydrogens is 205 g/mol. The summed E-state index contributed by atoms with van der Waals surface area (Å²) < 4.78 is 13.8. The molecule has 3 heteroatoms. The largest absolute Gasteiger partial charge is 0.366 e. The molecule has 0 amide bonds. The minimum atomic E-state index is -0.293. The molecule has 2 rings (SSSR count). The van der Waals surface area contributed by atoms with Gasteiger partial charge in [-0.15, -0.1) is 0 Å². The van der Waals surface area contributed by atoms with E-state index < -0.39 is 0 Å². The number of piperidine rings is 1. The van der Waals surface area contributed by atoms with Crippen LogP contribution in [0.5, 0.6) is 0 Å². The van der Waals surface area contributed by atoms with E-state index in [-0.39, 0.29) is 5.82 Å². The number of para-hydroxylation sites is 1. The van der Waals surface area contributed by atoms with E-state index in [1.54, 1.807) is 12.1 Å². The maximum absolute atomic E-state index is 13.8. The first kappa shape index (κ1) is 11.1. The molecule has 1 unspecified atom stereocenters. The molecule has 1 saturated heterocycles. The summed E-state index contributed by atoms with van der Waals surface area (Å²) in [6.45, 7) is 2.92. The zero-order chi connectivity index (χ0) is 11.5. The number of carbonyl (C=O) groups excluding carboxylic acids is 1. The monoisotopic (exact) mass is 221 g/mol. The van der Waals surface area contributed by atoms with Crippen molar-refractivity contribution in [2.45, 2.75) is 32.2 Å². The number of halogens is 1. The Hall–Kier alpha value is -1.38. The van der Waals surface area contributed by atoms with Gasteiger partial charge >= 0.3 is 0 Å². The molecular formula is C13H16FNO. The zero-order valence-electron chi connectivity index (χ0n) is 9.45. The number of hydrogen-bond donors (Lipinski definition) is 0. The third-order valence-corrected chi connectivity index (χ3v) is 3.24. The molecule has 0 aliphatic carbocycles. The molecule has 16 heavy (non-hydrogen) atoms. The molecule has 0 N–H and O–H groups in total. The lowest BCUT2D eigenvalue weighted by Gasteiger charge is -2.36. The molecule has 1 aromatic carbocycles. The van der Waals surface area contributed by atoms with Gasteiger partial charge in [-0.3, -0.25) is 4.79 Å². The van der Waals surface area contributed by atoms with Crippen LogP contribution in [0.15, 0.2) is 18.2 Å². The molecule has 1 atom stereocenters. The van der Waals surface area contributed by atoms with Crippen molar-refractivity contribution in [3.63, 3.8) is 0 Å². The van der Waals surface area contributed by atoms with Crippen LogP contribution in [0.4, 0.5) is 10.1 Å². The van der Waals surface area contributed by atoms with Crippen LogP contribution in [0, 0.1) is 5.82 Å². The van der Waals surface area contributed by atoms with E-state index in [1.165, 1.54) is 12.5 Å². The maximum Gasteiger partial charge on any atom is 0.152 e. The normalized spacial score (nSPS) is 20.9. The van der Waals surface area contributed by atoms with Gasteiger partial charge in [-0.25, -0.2) is 4.39 Å². The van der Waals surface area contributed by atoms with Crippen LogP contribution in [0.3, 0.4) is 0 Å². The van der Waals surface area contributed by atoms with Crippen molar-refractivity contribution in [3.05, 3.63) is 29.6 Å². The third-order valence-electron chi connectivity index (χ3n) is 3.24. The first-order chi connectivity index (χ1) is 7.74. The Balaban J connectivity index is 2.41. The second-order valence-electron chi connectivity index (χ2n) is 4.33. The van der Waals surface area contributed by atoms with E-state index in [0.717, 1.165) is 25.7 Å². The third kappa shape index (κ3) is 1.94. The summed E-state index contributed by atoms with van der Waals surface area (Å²) in [5.41, 5.74) is 0.929. The van der Waals surface area contributed by atoms with Crippen LogP contribution in [0.1, 0.15) is 36.5 Å². The van der Waals surface area contributed by atoms with Gasteiger partial charge in [0, 0.05) is 18.2 Å². The SMILES string of the molecule is CC1CCCCN1c1c(F)cccc1C=O. The van der Waals surface area contributed by atoms with E-state index in [9.17, 15) is 9.18 Å². The quantitative estimate of drug-likeness (QED) is 0.715. The lowest BCUT2D eigenvalue weighted by atomic mass is 10.0. The Morgan fingerprint density at radius 1 is 1.44 bits per heavy atom. The van der Waals surface area contributed by atoms with E-state index in [1.807, 2.05) is 4.90 Å². The number of anilines is 1. The van der Waals surface area contributed by atoms with Gasteiger partial charge in [0.25, 0.3) is 0 Å². The van der Waals surface area contributed by atoms with Gasteiger partial charge in [0.15, 0.2) is 6.29 Å². The van der Waals surface area contributed by atoms with Gasteiger partial charge in [-0.2, -0.15) is 0 Å². The average Bonchev–Trinajstić information content (AvgIpc) is 2.30. The fourth-order valence-corrected chi connectivity index (χ4v) is 2.36. The van der Waals surface area contributed by atoms with E-state index in [2.05, 4.69) is 6.92 Å². The topological polar surface area (TPSA) is 20.3 Å². The Morgan fingerprint density at radius 2 is 2.25 bits per heavy atom. The molecule has 2 nitrogen and oxygen atoms in total. The first-order valence-electron chi connectivity index (χ1n) is 5.74. The Morgan fingerprint density at radius 3 is 2.94 bits per heavy atom. The van der Waals surface area contributed by atoms with Gasteiger partial charge in [-0.1, -0.05) is 6.07 Å². The fraction of sp³-hybridized carbons (Fsp3) is 0.462. The molecule has 0 aromatic heterocycles. The second kappa shape index (κ2) is 4.64. The Labute approximate surface area is 95.1 Å². The average molecular weight is 221 g/mol. The van der Waals surface area contributed by atoms with Crippen LogP contribution in [-0.2, 0) is 0 Å². The number of hydrogen-bond acceptors (Lipinski definition) is 2. The van der Waals surface area contributed by atoms with E-state index in [0.29, 0.717) is 17.3 Å². The molecule has 1 fully saturated rings. The van der Waals surface area contributed by atoms with Crippen LogP contribution < -0.4 is 4.90 Å². The van der Waals surface area contributed by atoms with Gasteiger partial charge < -0.3 is 4.90 Å². The minimum absolute atomic E-state index is 0.293. The second-order valence-corrected chi connectivity index (χ2v) is 4.33. The summed E-state index contributed by atoms with van der Waals surface area (Å²) in [6, 6.07) is 4.98. The summed E-state index contributed by atoms with van der Waals surface area (Å²) in [7, 11) is 0. The molecule has 0 saturated carbocycles. The summed E-state index contributed by atoms with van der Waals surface area (Å²) >= 11 is 0. The molecule has 0 radical (unpaired) electrons. The fourth-order valence-electron chi connectivity index (χ4n) is 2.36. The van der Waals surface area contributed by atoms with Crippen molar-refractivity contribution in [1.29, 1.82) is 0 Å². The van der Waals surface area contributed by atoms with Gasteiger partial charge in [-0.05, 0) is 38.3 Å². The molecule has 1 aliphatic rings. The predicted octanol–water partition coefficient (Wildman–Crippen LogP) is 3.02. The van der Waals surface area contributed by atoms with Crippen LogP contribution in [-0.4, -0.2) is 18.9 Å². The van der Waals surface area contributed by atoms with Crippen molar-refractivity contribution < 1.29 is 9.18 Å². The van der Waals surface area contributed by atoms with E-state index >= 15 is 0 Å². The molecule has 86 valence electrons. The minimum Gasteiger partial charge on any atom is -0.366 e. The highest BCUT2D eigenvalue weighted by molar-refractivity contribution is 5.85. The van der Waals surface area contributed by atoms with E-state index in [4.69, 9.17) is 0 Å². The molecule has 1 aromatic rings. The van der Waals surface area contributed by atoms with Gasteiger partial charge in [0.2, 0.25) is 0 Å². The lowest BCUT2D eigenvalue weighted by molar-refractivity contribution is 0.112. The van der Waals surface area contributed by atoms with Crippen molar-refractivity contribution in [3.8, 4) is 0 Å². The summed E-state index contributed by atoms with van der Waals surface area (Å²) in [5, 5.41) is 0. The van der Waals surface area contributed by atoms with Crippen molar-refractivity contribution >= 4 is 12.0 Å². The van der Waals surface area contributed by atoms with Crippen molar-refractivity contribution in [1.82, 2.24) is 0 Å². The Bertz CT molecular complexity index is 392. The summed E-state index contributed by atoms with van der Waals surface area (Å²) in [6.07, 6.45) is 4.05. The highest BCUT2D eigenvalue weighted by atomic mass is 19.1. The molecule has 0 bridgehead atoms. The number of benzene rings is 1. The van der Waals surface area contributed by atoms with Crippen molar-refractivity contribution in [2.24, 2.45) is 0 Å². The predicted molar refractivity (Wildman–Crippen MR) is 62.4 cm³/mol. The highest BCUT2D eigenvalue weighted by Gasteiger charge is 2.23. The summed E-state index contributed by atoms with van der Waals surface area (Å²) in [5.74, 6) is -0.293. The zero-order valence-corrected chi connectivity index (χ0v) is 9.45. The van der Waals surface area contributed by atoms with Crippen LogP contribution >= 0.6 is 0 Å². The molecule has 1 aliphatic heterocycles. The first-order valence-corrected chi connectivity index (χ1v) is 5.74.